The molecule has 3 heterocycles. The lowest BCUT2D eigenvalue weighted by Crippen LogP contribution is -2.49. The Kier molecular flexibility index (Phi) is 4.53. The molecule has 3 aromatic rings. The Bertz CT molecular complexity index is 943. The van der Waals surface area contributed by atoms with E-state index in [0.717, 1.165) is 24.6 Å². The van der Waals surface area contributed by atoms with Gasteiger partial charge in [0.2, 0.25) is 0 Å². The topological polar surface area (TPSA) is 57.2 Å². The third kappa shape index (κ3) is 3.13. The number of hydrogen-bond donors (Lipinski definition) is 1. The summed E-state index contributed by atoms with van der Waals surface area (Å²) in [5.74, 6) is 0.940. The molecule has 26 heavy (non-hydrogen) atoms. The third-order valence-corrected chi connectivity index (χ3v) is 4.85. The molecule has 1 aliphatic heterocycles. The summed E-state index contributed by atoms with van der Waals surface area (Å²) in [6.45, 7) is 2.84. The van der Waals surface area contributed by atoms with Gasteiger partial charge in [0.15, 0.2) is 4.77 Å². The Morgan fingerprint density at radius 1 is 1.00 bits per heavy atom. The van der Waals surface area contributed by atoms with Crippen LogP contribution in [0.4, 0.5) is 5.82 Å². The number of carbonyl (C=O) groups excluding carboxylic acids is 1. The quantitative estimate of drug-likeness (QED) is 0.725. The largest absolute Gasteiger partial charge is 0.353 e. The number of nitrogens with one attached hydrogen (secondary N) is 1. The van der Waals surface area contributed by atoms with E-state index in [1.807, 2.05) is 53.4 Å². The number of H-pyrrole nitrogens is 1. The molecule has 0 unspecified atom stereocenters. The number of hydrogen-bond acceptors (Lipinski definition) is 4. The van der Waals surface area contributed by atoms with E-state index in [9.17, 15) is 4.79 Å². The monoisotopic (exact) mass is 365 g/mol. The molecule has 1 saturated heterocycles. The lowest BCUT2D eigenvalue weighted by atomic mass is 10.2. The second kappa shape index (κ2) is 7.13. The molecule has 0 spiro atoms. The minimum Gasteiger partial charge on any atom is -0.353 e. The Morgan fingerprint density at radius 3 is 2.42 bits per heavy atom. The molecule has 0 saturated carbocycles. The van der Waals surface area contributed by atoms with Crippen molar-refractivity contribution in [1.82, 2.24) is 19.4 Å². The van der Waals surface area contributed by atoms with Gasteiger partial charge >= 0.3 is 0 Å². The van der Waals surface area contributed by atoms with Gasteiger partial charge in [-0.25, -0.2) is 4.98 Å². The minimum absolute atomic E-state index is 0.0122. The van der Waals surface area contributed by atoms with Crippen LogP contribution in [0.25, 0.3) is 5.69 Å². The fourth-order valence-corrected chi connectivity index (χ4v) is 3.46. The van der Waals surface area contributed by atoms with Crippen molar-refractivity contribution in [2.24, 2.45) is 0 Å². The molecular formula is C19H19N5OS. The van der Waals surface area contributed by atoms with E-state index in [1.165, 1.54) is 0 Å². The molecule has 1 N–H and O–H groups in total. The van der Waals surface area contributed by atoms with E-state index < -0.39 is 0 Å². The average Bonchev–Trinajstić information content (AvgIpc) is 3.10. The molecule has 0 bridgehead atoms. The van der Waals surface area contributed by atoms with Crippen LogP contribution in [0, 0.1) is 4.77 Å². The van der Waals surface area contributed by atoms with E-state index in [0.29, 0.717) is 23.6 Å². The standard InChI is InChI=1S/C19H19N5OS/c25-18(16-14-21-19(26)24(16)15-6-2-1-3-7-15)23-12-10-22(11-13-23)17-8-4-5-9-20-17/h1-9,14H,10-13H2,(H,21,26). The highest BCUT2D eigenvalue weighted by molar-refractivity contribution is 7.71. The summed E-state index contributed by atoms with van der Waals surface area (Å²) in [4.78, 5) is 24.5. The number of anilines is 1. The van der Waals surface area contributed by atoms with E-state index in [-0.39, 0.29) is 5.91 Å². The van der Waals surface area contributed by atoms with Crippen LogP contribution in [0.2, 0.25) is 0 Å². The lowest BCUT2D eigenvalue weighted by molar-refractivity contribution is 0.0738. The summed E-state index contributed by atoms with van der Waals surface area (Å²) in [6, 6.07) is 15.6. The molecule has 0 atom stereocenters. The van der Waals surface area contributed by atoms with Gasteiger partial charge in [-0.1, -0.05) is 24.3 Å². The van der Waals surface area contributed by atoms with E-state index in [1.54, 1.807) is 17.0 Å². The lowest BCUT2D eigenvalue weighted by Gasteiger charge is -2.35. The van der Waals surface area contributed by atoms with Gasteiger partial charge in [-0.15, -0.1) is 0 Å². The number of aromatic amines is 1. The van der Waals surface area contributed by atoms with Crippen LogP contribution in [0.1, 0.15) is 10.5 Å². The number of imidazole rings is 1. The minimum atomic E-state index is -0.0122. The number of benzene rings is 1. The smallest absolute Gasteiger partial charge is 0.272 e. The number of nitrogens with zero attached hydrogens (tertiary/aromatic N) is 4. The zero-order valence-corrected chi connectivity index (χ0v) is 15.0. The number of carbonyl (C=O) groups is 1. The van der Waals surface area contributed by atoms with Crippen LogP contribution < -0.4 is 4.90 Å². The Labute approximate surface area is 156 Å². The summed E-state index contributed by atoms with van der Waals surface area (Å²) in [6.07, 6.45) is 3.49. The summed E-state index contributed by atoms with van der Waals surface area (Å²) >= 11 is 5.38. The van der Waals surface area contributed by atoms with Crippen molar-refractivity contribution in [1.29, 1.82) is 0 Å². The van der Waals surface area contributed by atoms with Crippen LogP contribution in [0.15, 0.2) is 60.9 Å². The van der Waals surface area contributed by atoms with Crippen molar-refractivity contribution in [2.75, 3.05) is 31.1 Å². The first-order chi connectivity index (χ1) is 12.7. The van der Waals surface area contributed by atoms with Gasteiger partial charge in [0.1, 0.15) is 11.5 Å². The number of pyridine rings is 1. The van der Waals surface area contributed by atoms with Gasteiger partial charge in [0.05, 0.1) is 0 Å². The van der Waals surface area contributed by atoms with Gasteiger partial charge < -0.3 is 14.8 Å². The summed E-state index contributed by atoms with van der Waals surface area (Å²) in [5.41, 5.74) is 1.45. The fraction of sp³-hybridized carbons (Fsp3) is 0.211. The van der Waals surface area contributed by atoms with Crippen molar-refractivity contribution in [2.45, 2.75) is 0 Å². The summed E-state index contributed by atoms with van der Waals surface area (Å²) in [5, 5.41) is 0. The SMILES string of the molecule is O=C(c1c[nH]c(=S)n1-c1ccccc1)N1CCN(c2ccccn2)CC1. The first kappa shape index (κ1) is 16.5. The summed E-state index contributed by atoms with van der Waals surface area (Å²) < 4.78 is 2.31. The van der Waals surface area contributed by atoms with Gasteiger partial charge in [0.25, 0.3) is 5.91 Å². The predicted octanol–water partition coefficient (Wildman–Crippen LogP) is 2.89. The van der Waals surface area contributed by atoms with Crippen LogP contribution >= 0.6 is 12.2 Å². The maximum absolute atomic E-state index is 13.1. The number of amides is 1. The highest BCUT2D eigenvalue weighted by Crippen LogP contribution is 2.17. The van der Waals surface area contributed by atoms with E-state index in [4.69, 9.17) is 12.2 Å². The van der Waals surface area contributed by atoms with Crippen molar-refractivity contribution in [3.63, 3.8) is 0 Å². The van der Waals surface area contributed by atoms with Crippen LogP contribution in [-0.2, 0) is 0 Å². The maximum Gasteiger partial charge on any atom is 0.272 e. The van der Waals surface area contributed by atoms with Crippen molar-refractivity contribution in [3.05, 3.63) is 71.4 Å². The van der Waals surface area contributed by atoms with Gasteiger partial charge in [-0.3, -0.25) is 9.36 Å². The zero-order chi connectivity index (χ0) is 17.9. The number of aromatic nitrogens is 3. The van der Waals surface area contributed by atoms with E-state index >= 15 is 0 Å². The molecule has 0 radical (unpaired) electrons. The Morgan fingerprint density at radius 2 is 1.73 bits per heavy atom. The Balaban J connectivity index is 1.53. The normalized spacial score (nSPS) is 14.5. The zero-order valence-electron chi connectivity index (χ0n) is 14.2. The van der Waals surface area contributed by atoms with Crippen LogP contribution in [0.3, 0.4) is 0 Å². The molecule has 7 heteroatoms. The van der Waals surface area contributed by atoms with Crippen LogP contribution in [0.5, 0.6) is 0 Å². The van der Waals surface area contributed by atoms with Crippen molar-refractivity contribution < 1.29 is 4.79 Å². The van der Waals surface area contributed by atoms with Crippen molar-refractivity contribution >= 4 is 23.9 Å². The molecular weight excluding hydrogens is 346 g/mol. The molecule has 0 aliphatic carbocycles. The van der Waals surface area contributed by atoms with Gasteiger partial charge in [-0.2, -0.15) is 0 Å². The first-order valence-electron chi connectivity index (χ1n) is 8.55. The highest BCUT2D eigenvalue weighted by atomic mass is 32.1. The van der Waals surface area contributed by atoms with E-state index in [2.05, 4.69) is 14.9 Å². The number of piperazine rings is 1. The number of para-hydroxylation sites is 1. The van der Waals surface area contributed by atoms with Gasteiger partial charge in [0, 0.05) is 44.3 Å². The second-order valence-corrected chi connectivity index (χ2v) is 6.50. The maximum atomic E-state index is 13.1. The third-order valence-electron chi connectivity index (χ3n) is 4.55. The summed E-state index contributed by atoms with van der Waals surface area (Å²) in [7, 11) is 0. The molecule has 1 fully saturated rings. The van der Waals surface area contributed by atoms with Gasteiger partial charge in [-0.05, 0) is 36.5 Å². The molecule has 6 nitrogen and oxygen atoms in total. The first-order valence-corrected chi connectivity index (χ1v) is 8.96. The molecule has 1 amide bonds. The van der Waals surface area contributed by atoms with Crippen molar-refractivity contribution in [3.8, 4) is 5.69 Å². The average molecular weight is 365 g/mol. The van der Waals surface area contributed by atoms with Crippen LogP contribution in [-0.4, -0.2) is 51.5 Å². The highest BCUT2D eigenvalue weighted by Gasteiger charge is 2.25. The second-order valence-electron chi connectivity index (χ2n) is 6.12. The predicted molar refractivity (Wildman–Crippen MR) is 103 cm³/mol. The molecule has 4 rings (SSSR count). The Hall–Kier alpha value is -2.93. The molecule has 1 aromatic carbocycles. The molecule has 2 aromatic heterocycles. The molecule has 132 valence electrons. The molecule has 1 aliphatic rings. The fourth-order valence-electron chi connectivity index (χ4n) is 3.20. The number of rotatable bonds is 3.